The Hall–Kier alpha value is -1.91. The molecule has 2 aromatic rings. The maximum atomic E-state index is 10.7. The maximum absolute atomic E-state index is 10.7. The minimum atomic E-state index is -0.343. The summed E-state index contributed by atoms with van der Waals surface area (Å²) in [6.45, 7) is 4.07. The highest BCUT2D eigenvalue weighted by molar-refractivity contribution is 5.37. The number of piperidine rings is 1. The Labute approximate surface area is 143 Å². The Morgan fingerprint density at radius 2 is 1.88 bits per heavy atom. The van der Waals surface area contributed by atoms with E-state index in [1.807, 2.05) is 31.2 Å². The summed E-state index contributed by atoms with van der Waals surface area (Å²) in [5.41, 5.74) is 3.47. The van der Waals surface area contributed by atoms with Gasteiger partial charge in [-0.2, -0.15) is 0 Å². The monoisotopic (exact) mass is 323 g/mol. The number of pyridine rings is 1. The first-order valence-electron chi connectivity index (χ1n) is 8.91. The first-order valence-corrected chi connectivity index (χ1v) is 8.91. The molecule has 2 N–H and O–H groups in total. The van der Waals surface area contributed by atoms with Crippen LogP contribution in [0.15, 0.2) is 42.5 Å². The van der Waals surface area contributed by atoms with Gasteiger partial charge in [0, 0.05) is 30.9 Å². The SMILES string of the molecule is Cc1cccc(NC2CCN([C@H]3Cc4ccccc4[C@@H]3O)CC2)n1. The lowest BCUT2D eigenvalue weighted by Gasteiger charge is -2.37. The fraction of sp³-hybridized carbons (Fsp3) is 0.450. The van der Waals surface area contributed by atoms with E-state index in [1.165, 1.54) is 5.56 Å². The Bertz CT molecular complexity index is 710. The van der Waals surface area contributed by atoms with Gasteiger partial charge in [-0.15, -0.1) is 0 Å². The van der Waals surface area contributed by atoms with Crippen LogP contribution < -0.4 is 5.32 Å². The van der Waals surface area contributed by atoms with Gasteiger partial charge in [0.1, 0.15) is 5.82 Å². The van der Waals surface area contributed by atoms with Gasteiger partial charge in [-0.25, -0.2) is 4.98 Å². The van der Waals surface area contributed by atoms with E-state index in [1.54, 1.807) is 0 Å². The highest BCUT2D eigenvalue weighted by Gasteiger charge is 2.36. The number of anilines is 1. The summed E-state index contributed by atoms with van der Waals surface area (Å²) >= 11 is 0. The van der Waals surface area contributed by atoms with Gasteiger partial charge in [0.2, 0.25) is 0 Å². The van der Waals surface area contributed by atoms with Crippen molar-refractivity contribution in [1.82, 2.24) is 9.88 Å². The molecule has 1 aliphatic carbocycles. The van der Waals surface area contributed by atoms with Crippen molar-refractivity contribution < 1.29 is 5.11 Å². The molecule has 4 rings (SSSR count). The standard InChI is InChI=1S/C20H25N3O/c1-14-5-4-8-19(21-14)22-16-9-11-23(12-10-16)18-13-15-6-2-3-7-17(15)20(18)24/h2-8,16,18,20,24H,9-13H2,1H3,(H,21,22)/t18-,20-/m0/s1. The topological polar surface area (TPSA) is 48.4 Å². The van der Waals surface area contributed by atoms with Crippen molar-refractivity contribution in [2.24, 2.45) is 0 Å². The van der Waals surface area contributed by atoms with E-state index in [4.69, 9.17) is 0 Å². The lowest BCUT2D eigenvalue weighted by Crippen LogP contribution is -2.46. The minimum absolute atomic E-state index is 0.237. The number of benzene rings is 1. The number of likely N-dealkylation sites (tertiary alicyclic amines) is 1. The summed E-state index contributed by atoms with van der Waals surface area (Å²) in [7, 11) is 0. The molecule has 0 unspecified atom stereocenters. The van der Waals surface area contributed by atoms with Crippen LogP contribution in [0.2, 0.25) is 0 Å². The maximum Gasteiger partial charge on any atom is 0.126 e. The van der Waals surface area contributed by atoms with Crippen LogP contribution in [-0.2, 0) is 6.42 Å². The highest BCUT2D eigenvalue weighted by atomic mass is 16.3. The summed E-state index contributed by atoms with van der Waals surface area (Å²) in [5, 5.41) is 14.2. The van der Waals surface area contributed by atoms with Gasteiger partial charge in [0.05, 0.1) is 6.10 Å². The second-order valence-corrected chi connectivity index (χ2v) is 7.03. The molecule has 126 valence electrons. The van der Waals surface area contributed by atoms with E-state index in [2.05, 4.69) is 33.4 Å². The zero-order valence-electron chi connectivity index (χ0n) is 14.2. The van der Waals surface area contributed by atoms with E-state index in [-0.39, 0.29) is 12.1 Å². The van der Waals surface area contributed by atoms with Crippen molar-refractivity contribution in [2.75, 3.05) is 18.4 Å². The largest absolute Gasteiger partial charge is 0.387 e. The molecule has 0 bridgehead atoms. The number of fused-ring (bicyclic) bond motifs is 1. The molecule has 2 aliphatic rings. The highest BCUT2D eigenvalue weighted by Crippen LogP contribution is 2.35. The van der Waals surface area contributed by atoms with Gasteiger partial charge in [0.15, 0.2) is 0 Å². The normalized spacial score (nSPS) is 24.8. The third kappa shape index (κ3) is 3.04. The quantitative estimate of drug-likeness (QED) is 0.912. The predicted octanol–water partition coefficient (Wildman–Crippen LogP) is 2.92. The van der Waals surface area contributed by atoms with Gasteiger partial charge in [-0.3, -0.25) is 4.90 Å². The lowest BCUT2D eigenvalue weighted by atomic mass is 10.0. The molecule has 24 heavy (non-hydrogen) atoms. The molecule has 4 nitrogen and oxygen atoms in total. The van der Waals surface area contributed by atoms with Crippen LogP contribution in [0, 0.1) is 6.92 Å². The lowest BCUT2D eigenvalue weighted by molar-refractivity contribution is 0.0474. The average Bonchev–Trinajstić information content (AvgIpc) is 2.93. The smallest absolute Gasteiger partial charge is 0.126 e. The number of aliphatic hydroxyl groups excluding tert-OH is 1. The number of aromatic nitrogens is 1. The molecule has 2 atom stereocenters. The molecule has 1 aromatic carbocycles. The number of nitrogens with one attached hydrogen (secondary N) is 1. The fourth-order valence-electron chi connectivity index (χ4n) is 4.09. The van der Waals surface area contributed by atoms with Crippen molar-refractivity contribution in [3.05, 3.63) is 59.3 Å². The molecule has 0 spiro atoms. The van der Waals surface area contributed by atoms with Crippen molar-refractivity contribution in [3.63, 3.8) is 0 Å². The van der Waals surface area contributed by atoms with Crippen molar-refractivity contribution >= 4 is 5.82 Å². The van der Waals surface area contributed by atoms with Crippen LogP contribution in [0.5, 0.6) is 0 Å². The zero-order chi connectivity index (χ0) is 16.5. The van der Waals surface area contributed by atoms with Gasteiger partial charge in [0.25, 0.3) is 0 Å². The average molecular weight is 323 g/mol. The second kappa shape index (κ2) is 6.54. The molecule has 1 aliphatic heterocycles. The number of hydrogen-bond acceptors (Lipinski definition) is 4. The first-order chi connectivity index (χ1) is 11.7. The molecule has 1 fully saturated rings. The van der Waals surface area contributed by atoms with Crippen LogP contribution in [0.1, 0.15) is 35.8 Å². The number of aryl methyl sites for hydroxylation is 1. The number of aliphatic hydroxyl groups is 1. The van der Waals surface area contributed by atoms with Crippen LogP contribution >= 0.6 is 0 Å². The van der Waals surface area contributed by atoms with Crippen LogP contribution in [-0.4, -0.2) is 40.2 Å². The van der Waals surface area contributed by atoms with Gasteiger partial charge in [-0.05, 0) is 49.4 Å². The Kier molecular flexibility index (Phi) is 4.25. The molecule has 1 aromatic heterocycles. The summed E-state index contributed by atoms with van der Waals surface area (Å²) in [4.78, 5) is 7.00. The molecular formula is C20H25N3O. The Morgan fingerprint density at radius 1 is 1.08 bits per heavy atom. The van der Waals surface area contributed by atoms with E-state index >= 15 is 0 Å². The van der Waals surface area contributed by atoms with E-state index < -0.39 is 0 Å². The summed E-state index contributed by atoms with van der Waals surface area (Å²) in [6.07, 6.45) is 2.81. The van der Waals surface area contributed by atoms with Crippen molar-refractivity contribution in [1.29, 1.82) is 0 Å². The first kappa shape index (κ1) is 15.6. The van der Waals surface area contributed by atoms with Crippen molar-refractivity contribution in [2.45, 2.75) is 44.4 Å². The molecule has 0 amide bonds. The number of hydrogen-bond donors (Lipinski definition) is 2. The molecule has 0 saturated carbocycles. The van der Waals surface area contributed by atoms with Crippen molar-refractivity contribution in [3.8, 4) is 0 Å². The Balaban J connectivity index is 1.35. The third-order valence-electron chi connectivity index (χ3n) is 5.41. The third-order valence-corrected chi connectivity index (χ3v) is 5.41. The summed E-state index contributed by atoms with van der Waals surface area (Å²) in [5.74, 6) is 0.974. The molecule has 2 heterocycles. The molecule has 4 heteroatoms. The predicted molar refractivity (Wildman–Crippen MR) is 96.1 cm³/mol. The Morgan fingerprint density at radius 3 is 2.62 bits per heavy atom. The fourth-order valence-corrected chi connectivity index (χ4v) is 4.09. The van der Waals surface area contributed by atoms with E-state index in [0.29, 0.717) is 6.04 Å². The molecule has 1 saturated heterocycles. The number of rotatable bonds is 3. The van der Waals surface area contributed by atoms with Gasteiger partial charge in [-0.1, -0.05) is 30.3 Å². The molecule has 0 radical (unpaired) electrons. The van der Waals surface area contributed by atoms with E-state index in [0.717, 1.165) is 49.4 Å². The van der Waals surface area contributed by atoms with Gasteiger partial charge >= 0.3 is 0 Å². The van der Waals surface area contributed by atoms with E-state index in [9.17, 15) is 5.11 Å². The summed E-state index contributed by atoms with van der Waals surface area (Å²) in [6, 6.07) is 15.1. The van der Waals surface area contributed by atoms with Crippen LogP contribution in [0.4, 0.5) is 5.82 Å². The molecular weight excluding hydrogens is 298 g/mol. The van der Waals surface area contributed by atoms with Crippen LogP contribution in [0.25, 0.3) is 0 Å². The summed E-state index contributed by atoms with van der Waals surface area (Å²) < 4.78 is 0. The minimum Gasteiger partial charge on any atom is -0.387 e. The zero-order valence-corrected chi connectivity index (χ0v) is 14.2. The van der Waals surface area contributed by atoms with Gasteiger partial charge < -0.3 is 10.4 Å². The second-order valence-electron chi connectivity index (χ2n) is 7.03. The number of nitrogens with zero attached hydrogens (tertiary/aromatic N) is 2. The van der Waals surface area contributed by atoms with Crippen LogP contribution in [0.3, 0.4) is 0 Å².